The van der Waals surface area contributed by atoms with E-state index in [1.165, 1.54) is 12.3 Å². The van der Waals surface area contributed by atoms with Gasteiger partial charge in [-0.15, -0.1) is 0 Å². The molecule has 15 heavy (non-hydrogen) atoms. The number of rotatable bonds is 2. The summed E-state index contributed by atoms with van der Waals surface area (Å²) in [5, 5.41) is 8.83. The number of nitrogens with zero attached hydrogens (tertiary/aromatic N) is 2. The lowest BCUT2D eigenvalue weighted by molar-refractivity contribution is 0.0697. The van der Waals surface area contributed by atoms with Crippen LogP contribution in [0.5, 0.6) is 0 Å². The van der Waals surface area contributed by atoms with Gasteiger partial charge in [-0.1, -0.05) is 12.2 Å². The summed E-state index contributed by atoms with van der Waals surface area (Å²) in [4.78, 5) is 16.8. The van der Waals surface area contributed by atoms with Crippen molar-refractivity contribution in [3.05, 3.63) is 48.3 Å². The lowest BCUT2D eigenvalue weighted by atomic mass is 10.2. The predicted molar refractivity (Wildman–Crippen MR) is 56.8 cm³/mol. The molecule has 1 aliphatic rings. The third-order valence-corrected chi connectivity index (χ3v) is 2.10. The van der Waals surface area contributed by atoms with E-state index >= 15 is 0 Å². The van der Waals surface area contributed by atoms with Crippen LogP contribution >= 0.6 is 0 Å². The van der Waals surface area contributed by atoms with E-state index < -0.39 is 5.97 Å². The van der Waals surface area contributed by atoms with E-state index in [1.807, 2.05) is 29.3 Å². The number of pyridine rings is 1. The third-order valence-electron chi connectivity index (χ3n) is 2.10. The molecule has 0 unspecified atom stereocenters. The van der Waals surface area contributed by atoms with Crippen molar-refractivity contribution in [2.45, 2.75) is 0 Å². The Hall–Kier alpha value is -2.10. The largest absolute Gasteiger partial charge is 0.478 e. The number of hydrogen-bond acceptors (Lipinski definition) is 3. The van der Waals surface area contributed by atoms with Gasteiger partial charge in [0.1, 0.15) is 5.82 Å². The SMILES string of the molecule is O=C(O)c1ccnc(N2C=CC=CC2)c1. The van der Waals surface area contributed by atoms with Gasteiger partial charge in [0.25, 0.3) is 0 Å². The first-order chi connectivity index (χ1) is 7.27. The maximum Gasteiger partial charge on any atom is 0.335 e. The molecule has 0 amide bonds. The van der Waals surface area contributed by atoms with Gasteiger partial charge in [-0.2, -0.15) is 0 Å². The minimum atomic E-state index is -0.935. The van der Waals surface area contributed by atoms with Crippen LogP contribution in [-0.4, -0.2) is 22.6 Å². The van der Waals surface area contributed by atoms with Crippen LogP contribution in [0.15, 0.2) is 42.8 Å². The fraction of sp³-hybridized carbons (Fsp3) is 0.0909. The van der Waals surface area contributed by atoms with Gasteiger partial charge in [0.05, 0.1) is 5.56 Å². The zero-order chi connectivity index (χ0) is 10.7. The lowest BCUT2D eigenvalue weighted by Crippen LogP contribution is -2.19. The first-order valence-electron chi connectivity index (χ1n) is 4.57. The summed E-state index contributed by atoms with van der Waals surface area (Å²) in [7, 11) is 0. The molecule has 4 nitrogen and oxygen atoms in total. The van der Waals surface area contributed by atoms with Crippen molar-refractivity contribution >= 4 is 11.8 Å². The molecule has 1 aliphatic heterocycles. The molecule has 0 spiro atoms. The number of hydrogen-bond donors (Lipinski definition) is 1. The molecule has 4 heteroatoms. The number of allylic oxidation sites excluding steroid dienone is 2. The van der Waals surface area contributed by atoms with E-state index in [2.05, 4.69) is 4.98 Å². The van der Waals surface area contributed by atoms with Gasteiger partial charge < -0.3 is 10.0 Å². The smallest absolute Gasteiger partial charge is 0.335 e. The Bertz CT molecular complexity index is 438. The highest BCUT2D eigenvalue weighted by atomic mass is 16.4. The van der Waals surface area contributed by atoms with Crippen LogP contribution in [0.1, 0.15) is 10.4 Å². The Labute approximate surface area is 87.2 Å². The Morgan fingerprint density at radius 1 is 1.47 bits per heavy atom. The zero-order valence-electron chi connectivity index (χ0n) is 8.00. The minimum Gasteiger partial charge on any atom is -0.478 e. The highest BCUT2D eigenvalue weighted by Gasteiger charge is 2.08. The highest BCUT2D eigenvalue weighted by Crippen LogP contribution is 2.14. The van der Waals surface area contributed by atoms with Crippen LogP contribution in [0.4, 0.5) is 5.82 Å². The second-order valence-corrected chi connectivity index (χ2v) is 3.13. The Balaban J connectivity index is 2.28. The molecule has 0 aliphatic carbocycles. The van der Waals surface area contributed by atoms with E-state index in [1.54, 1.807) is 6.07 Å². The molecule has 2 heterocycles. The summed E-state index contributed by atoms with van der Waals surface area (Å²) < 4.78 is 0. The number of carboxylic acids is 1. The number of anilines is 1. The van der Waals surface area contributed by atoms with Crippen LogP contribution in [0, 0.1) is 0 Å². The molecule has 0 atom stereocenters. The van der Waals surface area contributed by atoms with Gasteiger partial charge in [0.2, 0.25) is 0 Å². The fourth-order valence-electron chi connectivity index (χ4n) is 1.35. The van der Waals surface area contributed by atoms with Crippen molar-refractivity contribution in [1.29, 1.82) is 0 Å². The summed E-state index contributed by atoms with van der Waals surface area (Å²) in [6.45, 7) is 0.715. The Morgan fingerprint density at radius 3 is 3.00 bits per heavy atom. The topological polar surface area (TPSA) is 53.4 Å². The van der Waals surface area contributed by atoms with E-state index in [4.69, 9.17) is 5.11 Å². The van der Waals surface area contributed by atoms with Crippen molar-refractivity contribution in [3.8, 4) is 0 Å². The second-order valence-electron chi connectivity index (χ2n) is 3.13. The van der Waals surface area contributed by atoms with Crippen molar-refractivity contribution in [2.24, 2.45) is 0 Å². The molecule has 0 saturated heterocycles. The van der Waals surface area contributed by atoms with Crippen molar-refractivity contribution in [2.75, 3.05) is 11.4 Å². The van der Waals surface area contributed by atoms with Gasteiger partial charge in [-0.05, 0) is 18.2 Å². The number of carboxylic acid groups (broad SMARTS) is 1. The molecule has 0 saturated carbocycles. The summed E-state index contributed by atoms with van der Waals surface area (Å²) in [5.74, 6) is -0.286. The van der Waals surface area contributed by atoms with E-state index in [-0.39, 0.29) is 5.56 Å². The molecule has 1 aromatic rings. The molecular formula is C11H10N2O2. The summed E-state index contributed by atoms with van der Waals surface area (Å²) in [6.07, 6.45) is 9.18. The first kappa shape index (κ1) is 9.45. The number of aromatic nitrogens is 1. The van der Waals surface area contributed by atoms with Crippen LogP contribution in [0.3, 0.4) is 0 Å². The lowest BCUT2D eigenvalue weighted by Gasteiger charge is -2.19. The molecule has 0 bridgehead atoms. The van der Waals surface area contributed by atoms with E-state index in [9.17, 15) is 4.79 Å². The molecule has 0 fully saturated rings. The van der Waals surface area contributed by atoms with Gasteiger partial charge in [0, 0.05) is 18.9 Å². The van der Waals surface area contributed by atoms with Gasteiger partial charge in [0.15, 0.2) is 0 Å². The average Bonchev–Trinajstić information content (AvgIpc) is 2.30. The van der Waals surface area contributed by atoms with Crippen molar-refractivity contribution in [3.63, 3.8) is 0 Å². The number of carbonyl (C=O) groups is 1. The second kappa shape index (κ2) is 3.96. The first-order valence-corrected chi connectivity index (χ1v) is 4.57. The maximum atomic E-state index is 10.8. The molecule has 0 radical (unpaired) electrons. The Morgan fingerprint density at radius 2 is 2.33 bits per heavy atom. The maximum absolute atomic E-state index is 10.8. The Kier molecular flexibility index (Phi) is 2.49. The molecule has 0 aromatic carbocycles. The van der Waals surface area contributed by atoms with Gasteiger partial charge in [-0.3, -0.25) is 0 Å². The third kappa shape index (κ3) is 2.04. The summed E-state index contributed by atoms with van der Waals surface area (Å²) in [6, 6.07) is 3.04. The van der Waals surface area contributed by atoms with E-state index in [0.717, 1.165) is 0 Å². The summed E-state index contributed by atoms with van der Waals surface area (Å²) >= 11 is 0. The quantitative estimate of drug-likeness (QED) is 0.792. The molecule has 1 N–H and O–H groups in total. The van der Waals surface area contributed by atoms with Gasteiger partial charge in [-0.25, -0.2) is 9.78 Å². The summed E-state index contributed by atoms with van der Waals surface area (Å²) in [5.41, 5.74) is 0.253. The molecule has 2 rings (SSSR count). The monoisotopic (exact) mass is 202 g/mol. The normalized spacial score (nSPS) is 14.3. The average molecular weight is 202 g/mol. The fourth-order valence-corrected chi connectivity index (χ4v) is 1.35. The van der Waals surface area contributed by atoms with Crippen molar-refractivity contribution < 1.29 is 9.90 Å². The molecule has 76 valence electrons. The van der Waals surface area contributed by atoms with Crippen molar-refractivity contribution in [1.82, 2.24) is 4.98 Å². The van der Waals surface area contributed by atoms with Crippen LogP contribution < -0.4 is 4.90 Å². The van der Waals surface area contributed by atoms with Crippen LogP contribution in [-0.2, 0) is 0 Å². The van der Waals surface area contributed by atoms with Crippen LogP contribution in [0.25, 0.3) is 0 Å². The van der Waals surface area contributed by atoms with Crippen LogP contribution in [0.2, 0.25) is 0 Å². The number of aromatic carboxylic acids is 1. The molecular weight excluding hydrogens is 192 g/mol. The van der Waals surface area contributed by atoms with Gasteiger partial charge >= 0.3 is 5.97 Å². The highest BCUT2D eigenvalue weighted by molar-refractivity contribution is 5.88. The predicted octanol–water partition coefficient (Wildman–Crippen LogP) is 1.67. The standard InChI is InChI=1S/C11H10N2O2/c14-11(15)9-4-5-12-10(8-9)13-6-2-1-3-7-13/h1-6,8H,7H2,(H,14,15). The zero-order valence-corrected chi connectivity index (χ0v) is 8.00. The molecule has 1 aromatic heterocycles. The van der Waals surface area contributed by atoms with E-state index in [0.29, 0.717) is 12.4 Å². The minimum absolute atomic E-state index is 0.253.